The van der Waals surface area contributed by atoms with E-state index in [1.165, 1.54) is 0 Å². The second kappa shape index (κ2) is 8.89. The number of carbonyl (C=O) groups is 2. The van der Waals surface area contributed by atoms with E-state index in [2.05, 4.69) is 15.3 Å². The second-order valence-electron chi connectivity index (χ2n) is 7.30. The molecule has 1 aliphatic heterocycles. The Labute approximate surface area is 170 Å². The molecule has 1 aromatic carbocycles. The molecule has 1 aromatic heterocycles. The van der Waals surface area contributed by atoms with Crippen LogP contribution in [0.15, 0.2) is 30.3 Å². The first kappa shape index (κ1) is 20.6. The highest BCUT2D eigenvalue weighted by atomic mass is 16.5. The topological polar surface area (TPSA) is 87.7 Å². The summed E-state index contributed by atoms with van der Waals surface area (Å²) >= 11 is 0. The lowest BCUT2D eigenvalue weighted by molar-refractivity contribution is -0.130. The fourth-order valence-corrected chi connectivity index (χ4v) is 3.16. The summed E-state index contributed by atoms with van der Waals surface area (Å²) < 4.78 is 5.65. The molecule has 1 saturated heterocycles. The van der Waals surface area contributed by atoms with E-state index in [4.69, 9.17) is 4.74 Å². The molecule has 8 nitrogen and oxygen atoms in total. The molecule has 2 amide bonds. The molecule has 8 heteroatoms. The number of piperazine rings is 1. The van der Waals surface area contributed by atoms with Crippen molar-refractivity contribution in [3.05, 3.63) is 41.9 Å². The average Bonchev–Trinajstić information content (AvgIpc) is 2.68. The zero-order chi connectivity index (χ0) is 21.0. The van der Waals surface area contributed by atoms with Crippen LogP contribution in [-0.4, -0.2) is 63.9 Å². The predicted octanol–water partition coefficient (Wildman–Crippen LogP) is 2.62. The van der Waals surface area contributed by atoms with Crippen molar-refractivity contribution in [3.8, 4) is 5.75 Å². The first-order valence-corrected chi connectivity index (χ1v) is 9.76. The van der Waals surface area contributed by atoms with Crippen LogP contribution in [0.4, 0.5) is 11.5 Å². The largest absolute Gasteiger partial charge is 0.491 e. The van der Waals surface area contributed by atoms with Crippen molar-refractivity contribution >= 4 is 23.3 Å². The molecule has 1 fully saturated rings. The van der Waals surface area contributed by atoms with E-state index in [1.54, 1.807) is 29.7 Å². The van der Waals surface area contributed by atoms with Gasteiger partial charge < -0.3 is 19.9 Å². The van der Waals surface area contributed by atoms with Gasteiger partial charge in [-0.3, -0.25) is 9.59 Å². The van der Waals surface area contributed by atoms with E-state index < -0.39 is 0 Å². The fourth-order valence-electron chi connectivity index (χ4n) is 3.16. The van der Waals surface area contributed by atoms with Gasteiger partial charge in [0.25, 0.3) is 5.91 Å². The molecule has 0 aliphatic carbocycles. The maximum absolute atomic E-state index is 12.9. The van der Waals surface area contributed by atoms with Gasteiger partial charge in [-0.15, -0.1) is 0 Å². The monoisotopic (exact) mass is 397 g/mol. The first-order chi connectivity index (χ1) is 13.8. The minimum absolute atomic E-state index is 0.0336. The molecule has 0 unspecified atom stereocenters. The summed E-state index contributed by atoms with van der Waals surface area (Å²) in [6, 6.07) is 9.23. The number of nitrogens with zero attached hydrogens (tertiary/aromatic N) is 4. The van der Waals surface area contributed by atoms with Crippen molar-refractivity contribution in [2.45, 2.75) is 33.8 Å². The second-order valence-corrected chi connectivity index (χ2v) is 7.30. The van der Waals surface area contributed by atoms with Crippen LogP contribution < -0.4 is 10.1 Å². The lowest BCUT2D eigenvalue weighted by Crippen LogP contribution is -2.50. The molecule has 0 radical (unpaired) electrons. The number of rotatable bonds is 5. The van der Waals surface area contributed by atoms with E-state index in [-0.39, 0.29) is 17.9 Å². The molecule has 1 N–H and O–H groups in total. The van der Waals surface area contributed by atoms with Crippen LogP contribution >= 0.6 is 0 Å². The van der Waals surface area contributed by atoms with Gasteiger partial charge in [0, 0.05) is 44.9 Å². The van der Waals surface area contributed by atoms with Crippen molar-refractivity contribution in [1.82, 2.24) is 19.8 Å². The van der Waals surface area contributed by atoms with Crippen LogP contribution in [0.3, 0.4) is 0 Å². The number of hydrogen-bond acceptors (Lipinski definition) is 6. The predicted molar refractivity (Wildman–Crippen MR) is 110 cm³/mol. The Morgan fingerprint density at radius 3 is 2.24 bits per heavy atom. The maximum atomic E-state index is 12.9. The normalized spacial score (nSPS) is 14.1. The van der Waals surface area contributed by atoms with Crippen LogP contribution in [0.1, 0.15) is 37.1 Å². The quantitative estimate of drug-likeness (QED) is 0.835. The van der Waals surface area contributed by atoms with Crippen molar-refractivity contribution in [3.63, 3.8) is 0 Å². The van der Waals surface area contributed by atoms with Gasteiger partial charge in [-0.05, 0) is 45.0 Å². The van der Waals surface area contributed by atoms with Crippen LogP contribution in [0.25, 0.3) is 0 Å². The number of benzene rings is 1. The summed E-state index contributed by atoms with van der Waals surface area (Å²) in [7, 11) is 0. The SMILES string of the molecule is CC(=O)N1CCN(C(=O)c2cc(Nc3ccc(OC(C)C)cc3)nc(C)n2)CC1. The van der Waals surface area contributed by atoms with Gasteiger partial charge in [0.1, 0.15) is 23.1 Å². The summed E-state index contributed by atoms with van der Waals surface area (Å²) in [5, 5.41) is 3.22. The highest BCUT2D eigenvalue weighted by Gasteiger charge is 2.24. The van der Waals surface area contributed by atoms with Crippen molar-refractivity contribution in [2.24, 2.45) is 0 Å². The molecule has 2 heterocycles. The summed E-state index contributed by atoms with van der Waals surface area (Å²) in [6.07, 6.45) is 0.115. The minimum atomic E-state index is -0.151. The summed E-state index contributed by atoms with van der Waals surface area (Å²) in [5.41, 5.74) is 1.18. The number of hydrogen-bond donors (Lipinski definition) is 1. The molecular weight excluding hydrogens is 370 g/mol. The van der Waals surface area contributed by atoms with Crippen molar-refractivity contribution in [1.29, 1.82) is 0 Å². The van der Waals surface area contributed by atoms with Gasteiger partial charge in [0.05, 0.1) is 6.10 Å². The molecule has 29 heavy (non-hydrogen) atoms. The van der Waals surface area contributed by atoms with Gasteiger partial charge in [-0.25, -0.2) is 9.97 Å². The van der Waals surface area contributed by atoms with E-state index in [0.717, 1.165) is 11.4 Å². The Bertz CT molecular complexity index is 874. The number of ether oxygens (including phenoxy) is 1. The maximum Gasteiger partial charge on any atom is 0.272 e. The van der Waals surface area contributed by atoms with E-state index >= 15 is 0 Å². The van der Waals surface area contributed by atoms with Crippen LogP contribution in [0, 0.1) is 6.92 Å². The summed E-state index contributed by atoms with van der Waals surface area (Å²) in [6.45, 7) is 9.35. The number of nitrogens with one attached hydrogen (secondary N) is 1. The van der Waals surface area contributed by atoms with Crippen LogP contribution in [0.5, 0.6) is 5.75 Å². The zero-order valence-electron chi connectivity index (χ0n) is 17.3. The molecule has 0 saturated carbocycles. The minimum Gasteiger partial charge on any atom is -0.491 e. The first-order valence-electron chi connectivity index (χ1n) is 9.76. The number of anilines is 2. The number of aromatic nitrogens is 2. The Kier molecular flexibility index (Phi) is 6.31. The van der Waals surface area contributed by atoms with Crippen molar-refractivity contribution < 1.29 is 14.3 Å². The standard InChI is InChI=1S/C21H27N5O3/c1-14(2)29-18-7-5-17(6-8-18)24-20-13-19(22-15(3)23-20)21(28)26-11-9-25(10-12-26)16(4)27/h5-8,13-14H,9-12H2,1-4H3,(H,22,23,24). The number of aryl methyl sites for hydroxylation is 1. The smallest absolute Gasteiger partial charge is 0.272 e. The van der Waals surface area contributed by atoms with Crippen LogP contribution in [-0.2, 0) is 4.79 Å². The van der Waals surface area contributed by atoms with Gasteiger partial charge in [0.2, 0.25) is 5.91 Å². The van der Waals surface area contributed by atoms with Crippen LogP contribution in [0.2, 0.25) is 0 Å². The zero-order valence-corrected chi connectivity index (χ0v) is 17.3. The van der Waals surface area contributed by atoms with Crippen molar-refractivity contribution in [2.75, 3.05) is 31.5 Å². The lowest BCUT2D eigenvalue weighted by Gasteiger charge is -2.34. The third-order valence-corrected chi connectivity index (χ3v) is 4.57. The van der Waals surface area contributed by atoms with E-state index in [9.17, 15) is 9.59 Å². The highest BCUT2D eigenvalue weighted by molar-refractivity contribution is 5.93. The molecular formula is C21H27N5O3. The summed E-state index contributed by atoms with van der Waals surface area (Å²) in [4.78, 5) is 36.5. The third-order valence-electron chi connectivity index (χ3n) is 4.57. The molecule has 154 valence electrons. The third kappa shape index (κ3) is 5.43. The van der Waals surface area contributed by atoms with E-state index in [0.29, 0.717) is 43.5 Å². The Morgan fingerprint density at radius 2 is 1.66 bits per heavy atom. The molecule has 0 spiro atoms. The Morgan fingerprint density at radius 1 is 1.03 bits per heavy atom. The highest BCUT2D eigenvalue weighted by Crippen LogP contribution is 2.21. The van der Waals surface area contributed by atoms with Gasteiger partial charge in [-0.2, -0.15) is 0 Å². The molecule has 3 rings (SSSR count). The lowest BCUT2D eigenvalue weighted by atomic mass is 10.2. The molecule has 1 aliphatic rings. The average molecular weight is 397 g/mol. The van der Waals surface area contributed by atoms with Gasteiger partial charge >= 0.3 is 0 Å². The number of carbonyl (C=O) groups excluding carboxylic acids is 2. The molecule has 2 aromatic rings. The Hall–Kier alpha value is -3.16. The Balaban J connectivity index is 1.69. The summed E-state index contributed by atoms with van der Waals surface area (Å²) in [5.74, 6) is 1.75. The van der Waals surface area contributed by atoms with Gasteiger partial charge in [-0.1, -0.05) is 0 Å². The fraction of sp³-hybridized carbons (Fsp3) is 0.429. The molecule has 0 bridgehead atoms. The van der Waals surface area contributed by atoms with E-state index in [1.807, 2.05) is 38.1 Å². The van der Waals surface area contributed by atoms with Gasteiger partial charge in [0.15, 0.2) is 0 Å². The number of amides is 2. The molecule has 0 atom stereocenters.